The Morgan fingerprint density at radius 3 is 1.74 bits per heavy atom. The van der Waals surface area contributed by atoms with Crippen LogP contribution in [0.15, 0.2) is 127 Å². The molecule has 186 valence electrons. The van der Waals surface area contributed by atoms with E-state index in [-0.39, 0.29) is 0 Å². The van der Waals surface area contributed by atoms with E-state index in [1.807, 2.05) is 0 Å². The first kappa shape index (κ1) is 24.0. The normalized spacial score (nSPS) is 12.4. The summed E-state index contributed by atoms with van der Waals surface area (Å²) in [6.07, 6.45) is 7.29. The van der Waals surface area contributed by atoms with Gasteiger partial charge in [-0.3, -0.25) is 0 Å². The van der Waals surface area contributed by atoms with E-state index in [9.17, 15) is 0 Å². The van der Waals surface area contributed by atoms with E-state index >= 15 is 0 Å². The Morgan fingerprint density at radius 1 is 0.553 bits per heavy atom. The van der Waals surface area contributed by atoms with Crippen molar-refractivity contribution in [2.75, 3.05) is 4.90 Å². The Morgan fingerprint density at radius 2 is 1.11 bits per heavy atom. The highest BCUT2D eigenvalue weighted by Gasteiger charge is 2.17. The minimum atomic E-state index is 1.18. The fourth-order valence-corrected chi connectivity index (χ4v) is 5.57. The van der Waals surface area contributed by atoms with Crippen LogP contribution in [-0.4, -0.2) is 0 Å². The second-order valence-electron chi connectivity index (χ2n) is 10.2. The lowest BCUT2D eigenvalue weighted by Crippen LogP contribution is -2.12. The quantitative estimate of drug-likeness (QED) is 0.214. The first-order valence-electron chi connectivity index (χ1n) is 13.7. The van der Waals surface area contributed by atoms with Crippen molar-refractivity contribution in [2.24, 2.45) is 0 Å². The molecule has 0 saturated carbocycles. The third-order valence-corrected chi connectivity index (χ3v) is 7.59. The summed E-state index contributed by atoms with van der Waals surface area (Å²) in [7, 11) is 0. The molecule has 0 amide bonds. The minimum Gasteiger partial charge on any atom is -0.310 e. The molecule has 0 fully saturated rings. The van der Waals surface area contributed by atoms with Crippen LogP contribution in [0, 0.1) is 6.92 Å². The number of para-hydroxylation sites is 1. The molecular weight excluding hydrogens is 458 g/mol. The molecule has 0 atom stereocenters. The summed E-state index contributed by atoms with van der Waals surface area (Å²) < 4.78 is 0. The molecule has 0 aliphatic heterocycles. The average molecular weight is 492 g/mol. The van der Waals surface area contributed by atoms with Crippen LogP contribution in [0.25, 0.3) is 11.6 Å². The van der Waals surface area contributed by atoms with Crippen LogP contribution < -0.4 is 4.90 Å². The number of nitrogens with zero attached hydrogens (tertiary/aromatic N) is 1. The maximum Gasteiger partial charge on any atom is 0.0464 e. The van der Waals surface area contributed by atoms with E-state index in [4.69, 9.17) is 0 Å². The van der Waals surface area contributed by atoms with Gasteiger partial charge in [-0.15, -0.1) is 0 Å². The van der Waals surface area contributed by atoms with Gasteiger partial charge in [-0.05, 0) is 114 Å². The highest BCUT2D eigenvalue weighted by molar-refractivity contribution is 5.92. The molecule has 0 N–H and O–H groups in total. The van der Waals surface area contributed by atoms with Crippen LogP contribution in [0.2, 0.25) is 0 Å². The van der Waals surface area contributed by atoms with Crippen molar-refractivity contribution < 1.29 is 0 Å². The van der Waals surface area contributed by atoms with Gasteiger partial charge in [0, 0.05) is 17.1 Å². The largest absolute Gasteiger partial charge is 0.310 e. The van der Waals surface area contributed by atoms with Gasteiger partial charge in [-0.1, -0.05) is 91.0 Å². The molecule has 1 nitrogen and oxygen atoms in total. The molecule has 0 unspecified atom stereocenters. The molecule has 0 aromatic heterocycles. The Bertz CT molecular complexity index is 1510. The van der Waals surface area contributed by atoms with Gasteiger partial charge in [0.1, 0.15) is 0 Å². The number of aryl methyl sites for hydroxylation is 3. The zero-order valence-electron chi connectivity index (χ0n) is 22.0. The number of hydrogen-bond acceptors (Lipinski definition) is 1. The molecule has 5 aromatic carbocycles. The van der Waals surface area contributed by atoms with Gasteiger partial charge in [0.2, 0.25) is 0 Å². The molecule has 0 radical (unpaired) electrons. The summed E-state index contributed by atoms with van der Waals surface area (Å²) in [5.74, 6) is 0. The zero-order chi connectivity index (χ0) is 25.7. The molecule has 0 saturated heterocycles. The maximum absolute atomic E-state index is 2.41. The van der Waals surface area contributed by atoms with Gasteiger partial charge in [0.15, 0.2) is 0 Å². The molecular formula is C37H33N. The number of rotatable bonds is 6. The van der Waals surface area contributed by atoms with Gasteiger partial charge in [-0.25, -0.2) is 0 Å². The molecule has 0 bridgehead atoms. The lowest BCUT2D eigenvalue weighted by Gasteiger charge is -2.28. The van der Waals surface area contributed by atoms with Gasteiger partial charge in [-0.2, -0.15) is 0 Å². The second kappa shape index (κ2) is 10.9. The van der Waals surface area contributed by atoms with Crippen molar-refractivity contribution >= 4 is 28.7 Å². The van der Waals surface area contributed by atoms with Crippen LogP contribution in [0.1, 0.15) is 46.2 Å². The van der Waals surface area contributed by atoms with Crippen molar-refractivity contribution in [2.45, 2.75) is 32.6 Å². The molecule has 5 aromatic rings. The van der Waals surface area contributed by atoms with Gasteiger partial charge in [0.05, 0.1) is 0 Å². The summed E-state index contributed by atoms with van der Waals surface area (Å²) >= 11 is 0. The zero-order valence-corrected chi connectivity index (χ0v) is 22.0. The number of anilines is 3. The van der Waals surface area contributed by atoms with E-state index in [2.05, 4.69) is 145 Å². The number of hydrogen-bond donors (Lipinski definition) is 0. The summed E-state index contributed by atoms with van der Waals surface area (Å²) in [5, 5.41) is 0. The van der Waals surface area contributed by atoms with Crippen molar-refractivity contribution in [3.05, 3.63) is 161 Å². The number of benzene rings is 5. The monoisotopic (exact) mass is 491 g/mol. The highest BCUT2D eigenvalue weighted by atomic mass is 15.1. The van der Waals surface area contributed by atoms with Crippen LogP contribution in [0.5, 0.6) is 0 Å². The lowest BCUT2D eigenvalue weighted by molar-refractivity contribution is 0.685. The molecule has 0 heterocycles. The standard InChI is InChI=1S/C37H33N/c1-28-25-35(24-22-32(28)27-37(30-14-5-2-6-15-30)31-16-7-3-8-17-31)38(34-19-9-4-10-20-34)36-23-21-29-13-11-12-18-33(29)26-36/h2-10,14-17,19-27H,11-13,18H2,1H3. The van der Waals surface area contributed by atoms with E-state index in [0.29, 0.717) is 0 Å². The molecule has 1 aliphatic rings. The average Bonchev–Trinajstić information content (AvgIpc) is 2.98. The van der Waals surface area contributed by atoms with E-state index in [0.717, 1.165) is 0 Å². The van der Waals surface area contributed by atoms with E-state index in [1.165, 1.54) is 81.7 Å². The minimum absolute atomic E-state index is 1.18. The van der Waals surface area contributed by atoms with E-state index < -0.39 is 0 Å². The third-order valence-electron chi connectivity index (χ3n) is 7.59. The summed E-state index contributed by atoms with van der Waals surface area (Å²) in [6.45, 7) is 2.22. The molecule has 38 heavy (non-hydrogen) atoms. The third kappa shape index (κ3) is 5.06. The Hall–Kier alpha value is -4.36. The van der Waals surface area contributed by atoms with Crippen molar-refractivity contribution in [3.8, 4) is 0 Å². The highest BCUT2D eigenvalue weighted by Crippen LogP contribution is 2.38. The van der Waals surface area contributed by atoms with Crippen molar-refractivity contribution in [3.63, 3.8) is 0 Å². The second-order valence-corrected chi connectivity index (χ2v) is 10.2. The van der Waals surface area contributed by atoms with E-state index in [1.54, 1.807) is 0 Å². The molecule has 0 spiro atoms. The predicted molar refractivity (Wildman–Crippen MR) is 162 cm³/mol. The van der Waals surface area contributed by atoms with Crippen LogP contribution in [0.3, 0.4) is 0 Å². The predicted octanol–water partition coefficient (Wildman–Crippen LogP) is 9.93. The first-order chi connectivity index (χ1) is 18.8. The van der Waals surface area contributed by atoms with Crippen molar-refractivity contribution in [1.82, 2.24) is 0 Å². The maximum atomic E-state index is 2.41. The molecule has 1 aliphatic carbocycles. The van der Waals surface area contributed by atoms with Crippen LogP contribution >= 0.6 is 0 Å². The summed E-state index contributed by atoms with van der Waals surface area (Å²) in [6, 6.07) is 46.0. The Kier molecular flexibility index (Phi) is 6.91. The Balaban J connectivity index is 1.43. The van der Waals surface area contributed by atoms with Crippen LogP contribution in [0.4, 0.5) is 17.1 Å². The van der Waals surface area contributed by atoms with Crippen LogP contribution in [-0.2, 0) is 12.8 Å². The van der Waals surface area contributed by atoms with Gasteiger partial charge < -0.3 is 4.90 Å². The van der Waals surface area contributed by atoms with Gasteiger partial charge >= 0.3 is 0 Å². The summed E-state index contributed by atoms with van der Waals surface area (Å²) in [4.78, 5) is 2.39. The first-order valence-corrected chi connectivity index (χ1v) is 13.7. The summed E-state index contributed by atoms with van der Waals surface area (Å²) in [5.41, 5.74) is 12.8. The fourth-order valence-electron chi connectivity index (χ4n) is 5.57. The van der Waals surface area contributed by atoms with Gasteiger partial charge in [0.25, 0.3) is 0 Å². The molecule has 1 heteroatoms. The topological polar surface area (TPSA) is 3.24 Å². The molecule has 6 rings (SSSR count). The lowest BCUT2D eigenvalue weighted by atomic mass is 9.91. The van der Waals surface area contributed by atoms with Crippen molar-refractivity contribution in [1.29, 1.82) is 0 Å². The Labute approximate surface area is 226 Å². The number of fused-ring (bicyclic) bond motifs is 1. The fraction of sp³-hybridized carbons (Fsp3) is 0.135. The smallest absolute Gasteiger partial charge is 0.0464 e. The SMILES string of the molecule is Cc1cc(N(c2ccccc2)c2ccc3c(c2)CCCC3)ccc1C=C(c1ccccc1)c1ccccc1.